The molecule has 1 unspecified atom stereocenters. The molecule has 0 bridgehead atoms. The van der Waals surface area contributed by atoms with Gasteiger partial charge in [0, 0.05) is 19.3 Å². The van der Waals surface area contributed by atoms with Gasteiger partial charge in [-0.3, -0.25) is 14.4 Å². The highest BCUT2D eigenvalue weighted by Crippen LogP contribution is 2.13. The second-order valence-electron chi connectivity index (χ2n) is 18.1. The van der Waals surface area contributed by atoms with E-state index in [1.165, 1.54) is 89.9 Å². The minimum absolute atomic E-state index is 0.107. The average Bonchev–Trinajstić information content (AvgIpc) is 3.33. The summed E-state index contributed by atoms with van der Waals surface area (Å²) in [7, 11) is 0. The fourth-order valence-electron chi connectivity index (χ4n) is 7.39. The van der Waals surface area contributed by atoms with Gasteiger partial charge < -0.3 is 14.2 Å². The molecule has 0 aromatic carbocycles. The van der Waals surface area contributed by atoms with Crippen LogP contribution in [0.5, 0.6) is 0 Å². The Balaban J connectivity index is 4.51. The Bertz CT molecular complexity index is 1350. The zero-order valence-electron chi connectivity index (χ0n) is 43.6. The fourth-order valence-corrected chi connectivity index (χ4v) is 7.39. The number of rotatable bonds is 49. The third-order valence-corrected chi connectivity index (χ3v) is 11.6. The topological polar surface area (TPSA) is 78.9 Å². The molecule has 0 aliphatic carbocycles. The fraction of sp³-hybridized carbons (Fsp3) is 0.689. The smallest absolute Gasteiger partial charge is 0.306 e. The van der Waals surface area contributed by atoms with E-state index in [-0.39, 0.29) is 37.5 Å². The van der Waals surface area contributed by atoms with E-state index in [1.54, 1.807) is 0 Å². The molecule has 6 heteroatoms. The molecule has 0 rings (SSSR count). The molecule has 0 aromatic heterocycles. The standard InChI is InChI=1S/C61H102O6/c1-4-7-10-13-16-19-22-25-28-30-31-32-34-36-39-42-45-48-51-54-60(63)66-57-58(56-65-59(62)53-50-47-44-41-38-35-27-24-21-18-15-12-9-6-3)67-61(64)55-52-49-46-43-40-37-33-29-26-23-20-17-14-11-8-5-2/h7,10,16,19,25,28-29,31-33,35-40,58H,4-6,8-9,11-15,17-18,20-24,26-27,30,34,41-57H2,1-3H3/b10-7-,19-16-,28-25-,32-31-,33-29-,38-35-,39-36-,40-37-. The molecule has 0 amide bonds. The number of allylic oxidation sites excluding steroid dienone is 16. The lowest BCUT2D eigenvalue weighted by Gasteiger charge is -2.18. The summed E-state index contributed by atoms with van der Waals surface area (Å²) in [6.07, 6.45) is 72.5. The molecule has 1 atom stereocenters. The van der Waals surface area contributed by atoms with Crippen molar-refractivity contribution in [3.8, 4) is 0 Å². The Morgan fingerprint density at radius 2 is 0.627 bits per heavy atom. The quantitative estimate of drug-likeness (QED) is 0.0199. The predicted octanol–water partition coefficient (Wildman–Crippen LogP) is 18.5. The molecular formula is C61H102O6. The van der Waals surface area contributed by atoms with Crippen LogP contribution in [-0.2, 0) is 28.6 Å². The monoisotopic (exact) mass is 931 g/mol. The molecule has 0 spiro atoms. The van der Waals surface area contributed by atoms with Crippen LogP contribution < -0.4 is 0 Å². The maximum atomic E-state index is 12.8. The minimum atomic E-state index is -0.812. The highest BCUT2D eigenvalue weighted by atomic mass is 16.6. The summed E-state index contributed by atoms with van der Waals surface area (Å²) < 4.78 is 16.8. The van der Waals surface area contributed by atoms with Crippen molar-refractivity contribution in [3.05, 3.63) is 97.2 Å². The summed E-state index contributed by atoms with van der Waals surface area (Å²) in [5.41, 5.74) is 0. The number of esters is 3. The number of carbonyl (C=O) groups is 3. The van der Waals surface area contributed by atoms with Crippen molar-refractivity contribution in [1.82, 2.24) is 0 Å². The Kier molecular flexibility index (Phi) is 51.9. The summed E-state index contributed by atoms with van der Waals surface area (Å²) in [6.45, 7) is 6.45. The first-order valence-corrected chi connectivity index (χ1v) is 27.8. The van der Waals surface area contributed by atoms with Gasteiger partial charge in [-0.1, -0.05) is 214 Å². The lowest BCUT2D eigenvalue weighted by molar-refractivity contribution is -0.167. The van der Waals surface area contributed by atoms with Gasteiger partial charge in [-0.05, 0) is 116 Å². The van der Waals surface area contributed by atoms with Crippen molar-refractivity contribution in [2.24, 2.45) is 0 Å². The van der Waals surface area contributed by atoms with Gasteiger partial charge in [0.05, 0.1) is 0 Å². The minimum Gasteiger partial charge on any atom is -0.462 e. The highest BCUT2D eigenvalue weighted by molar-refractivity contribution is 5.71. The van der Waals surface area contributed by atoms with E-state index in [1.807, 2.05) is 0 Å². The van der Waals surface area contributed by atoms with E-state index < -0.39 is 6.10 Å². The van der Waals surface area contributed by atoms with Crippen LogP contribution in [0.25, 0.3) is 0 Å². The van der Waals surface area contributed by atoms with Crippen molar-refractivity contribution < 1.29 is 28.6 Å². The molecule has 0 fully saturated rings. The summed E-state index contributed by atoms with van der Waals surface area (Å²) in [5.74, 6) is -0.981. The zero-order valence-corrected chi connectivity index (χ0v) is 43.6. The third kappa shape index (κ3) is 53.2. The molecule has 0 aliphatic heterocycles. The van der Waals surface area contributed by atoms with E-state index >= 15 is 0 Å². The van der Waals surface area contributed by atoms with E-state index in [0.717, 1.165) is 122 Å². The van der Waals surface area contributed by atoms with Gasteiger partial charge in [0.15, 0.2) is 6.10 Å². The molecule has 382 valence electrons. The van der Waals surface area contributed by atoms with Gasteiger partial charge in [-0.15, -0.1) is 0 Å². The van der Waals surface area contributed by atoms with Crippen LogP contribution in [0, 0.1) is 0 Å². The number of hydrogen-bond donors (Lipinski definition) is 0. The number of unbranched alkanes of at least 4 members (excludes halogenated alkanes) is 23. The molecule has 0 radical (unpaired) electrons. The van der Waals surface area contributed by atoms with E-state index in [9.17, 15) is 14.4 Å². The molecule has 0 N–H and O–H groups in total. The third-order valence-electron chi connectivity index (χ3n) is 11.6. The maximum absolute atomic E-state index is 12.8. The summed E-state index contributed by atoms with van der Waals surface area (Å²) in [6, 6.07) is 0. The molecule has 0 aromatic rings. The van der Waals surface area contributed by atoms with Crippen LogP contribution in [-0.4, -0.2) is 37.2 Å². The summed E-state index contributed by atoms with van der Waals surface area (Å²) in [5, 5.41) is 0. The molecule has 0 saturated heterocycles. The Morgan fingerprint density at radius 1 is 0.328 bits per heavy atom. The average molecular weight is 931 g/mol. The van der Waals surface area contributed by atoms with Gasteiger partial charge in [0.1, 0.15) is 13.2 Å². The molecule has 0 heterocycles. The van der Waals surface area contributed by atoms with Crippen LogP contribution in [0.2, 0.25) is 0 Å². The van der Waals surface area contributed by atoms with Gasteiger partial charge >= 0.3 is 17.9 Å². The largest absolute Gasteiger partial charge is 0.462 e. The van der Waals surface area contributed by atoms with Crippen LogP contribution in [0.15, 0.2) is 97.2 Å². The Hall–Kier alpha value is -3.67. The van der Waals surface area contributed by atoms with Crippen molar-refractivity contribution in [2.75, 3.05) is 13.2 Å². The van der Waals surface area contributed by atoms with E-state index in [0.29, 0.717) is 12.8 Å². The molecule has 67 heavy (non-hydrogen) atoms. The van der Waals surface area contributed by atoms with Crippen LogP contribution in [0.4, 0.5) is 0 Å². The molecule has 6 nitrogen and oxygen atoms in total. The second kappa shape index (κ2) is 54.9. The first kappa shape index (κ1) is 63.3. The van der Waals surface area contributed by atoms with Crippen LogP contribution in [0.1, 0.15) is 252 Å². The van der Waals surface area contributed by atoms with Gasteiger partial charge in [0.2, 0.25) is 0 Å². The molecule has 0 saturated carbocycles. The maximum Gasteiger partial charge on any atom is 0.306 e. The van der Waals surface area contributed by atoms with Crippen molar-refractivity contribution in [1.29, 1.82) is 0 Å². The SMILES string of the molecule is CC/C=C\C/C=C\C/C=C\C/C=C\C/C=C\CCCCCC(=O)OCC(COC(=O)CCCCC/C=C\CCCCCCCCC)OC(=O)CCCCC/C=C\C=C/CCCCCCCCC. The lowest BCUT2D eigenvalue weighted by Crippen LogP contribution is -2.30. The predicted molar refractivity (Wildman–Crippen MR) is 288 cm³/mol. The zero-order chi connectivity index (χ0) is 48.6. The first-order chi connectivity index (χ1) is 33.0. The number of hydrogen-bond acceptors (Lipinski definition) is 6. The number of ether oxygens (including phenoxy) is 3. The van der Waals surface area contributed by atoms with Gasteiger partial charge in [0.25, 0.3) is 0 Å². The molecule has 0 aliphatic rings. The number of carbonyl (C=O) groups excluding carboxylic acids is 3. The Morgan fingerprint density at radius 3 is 1.01 bits per heavy atom. The van der Waals surface area contributed by atoms with E-state index in [4.69, 9.17) is 14.2 Å². The van der Waals surface area contributed by atoms with Crippen LogP contribution >= 0.6 is 0 Å². The second-order valence-corrected chi connectivity index (χ2v) is 18.1. The highest BCUT2D eigenvalue weighted by Gasteiger charge is 2.19. The summed E-state index contributed by atoms with van der Waals surface area (Å²) in [4.78, 5) is 38.1. The van der Waals surface area contributed by atoms with E-state index in [2.05, 4.69) is 118 Å². The van der Waals surface area contributed by atoms with Gasteiger partial charge in [-0.2, -0.15) is 0 Å². The van der Waals surface area contributed by atoms with Crippen LogP contribution in [0.3, 0.4) is 0 Å². The van der Waals surface area contributed by atoms with Crippen molar-refractivity contribution in [3.63, 3.8) is 0 Å². The lowest BCUT2D eigenvalue weighted by atomic mass is 10.1. The van der Waals surface area contributed by atoms with Crippen molar-refractivity contribution in [2.45, 2.75) is 258 Å². The first-order valence-electron chi connectivity index (χ1n) is 27.8. The summed E-state index contributed by atoms with van der Waals surface area (Å²) >= 11 is 0. The molecular weight excluding hydrogens is 829 g/mol. The normalized spacial score (nSPS) is 12.8. The van der Waals surface area contributed by atoms with Gasteiger partial charge in [-0.25, -0.2) is 0 Å². The van der Waals surface area contributed by atoms with Crippen molar-refractivity contribution >= 4 is 17.9 Å². The Labute approximate surface area is 413 Å².